The number of benzene rings is 1. The fraction of sp³-hybridized carbons (Fsp3) is 0.429. The van der Waals surface area contributed by atoms with Crippen LogP contribution >= 0.6 is 0 Å². The Morgan fingerprint density at radius 1 is 1.23 bits per heavy atom. The van der Waals surface area contributed by atoms with Crippen molar-refractivity contribution in [2.24, 2.45) is 11.1 Å². The fourth-order valence-electron chi connectivity index (χ4n) is 3.69. The maximum atomic E-state index is 14.1. The van der Waals surface area contributed by atoms with Crippen LogP contribution < -0.4 is 10.2 Å². The molecule has 1 aromatic heterocycles. The minimum Gasteiger partial charge on any atom is -0.370 e. The quantitative estimate of drug-likeness (QED) is 0.806. The van der Waals surface area contributed by atoms with E-state index in [-0.39, 0.29) is 23.3 Å². The molecule has 0 saturated carbocycles. The third kappa shape index (κ3) is 4.28. The fourth-order valence-corrected chi connectivity index (χ4v) is 3.69. The van der Waals surface area contributed by atoms with E-state index in [4.69, 9.17) is 4.84 Å². The van der Waals surface area contributed by atoms with E-state index in [1.807, 2.05) is 18.7 Å². The number of carbonyl (C=O) groups is 1. The number of hydrogen-bond donors (Lipinski definition) is 1. The van der Waals surface area contributed by atoms with E-state index in [1.54, 1.807) is 11.0 Å². The molecule has 0 bridgehead atoms. The summed E-state index contributed by atoms with van der Waals surface area (Å²) in [6.45, 7) is 6.06. The van der Waals surface area contributed by atoms with Crippen LogP contribution in [0.25, 0.3) is 11.4 Å². The lowest BCUT2D eigenvalue weighted by Crippen LogP contribution is -2.54. The zero-order chi connectivity index (χ0) is 22.0. The molecule has 10 heteroatoms. The second-order valence-corrected chi connectivity index (χ2v) is 7.51. The van der Waals surface area contributed by atoms with E-state index < -0.39 is 17.9 Å². The van der Waals surface area contributed by atoms with Crippen LogP contribution in [0.3, 0.4) is 0 Å². The summed E-state index contributed by atoms with van der Waals surface area (Å²) in [7, 11) is 0. The molecule has 2 unspecified atom stereocenters. The first-order chi connectivity index (χ1) is 15.0. The van der Waals surface area contributed by atoms with Crippen LogP contribution in [-0.2, 0) is 4.84 Å². The Bertz CT molecular complexity index is 994. The Balaban J connectivity index is 1.37. The summed E-state index contributed by atoms with van der Waals surface area (Å²) in [5, 5.41) is 6.91. The molecule has 31 heavy (non-hydrogen) atoms. The van der Waals surface area contributed by atoms with E-state index in [0.29, 0.717) is 32.0 Å². The van der Waals surface area contributed by atoms with Crippen molar-refractivity contribution in [1.29, 1.82) is 0 Å². The van der Waals surface area contributed by atoms with Crippen LogP contribution in [0.1, 0.15) is 20.3 Å². The second-order valence-electron chi connectivity index (χ2n) is 7.51. The molecular weight excluding hydrogens is 406 g/mol. The van der Waals surface area contributed by atoms with Gasteiger partial charge in [0.25, 0.3) is 0 Å². The number of hydrogen-bond acceptors (Lipinski definition) is 6. The number of amides is 2. The molecule has 2 atom stereocenters. The van der Waals surface area contributed by atoms with Gasteiger partial charge in [0.2, 0.25) is 6.23 Å². The first kappa shape index (κ1) is 21.0. The highest BCUT2D eigenvalue weighted by atomic mass is 19.2. The lowest BCUT2D eigenvalue weighted by Gasteiger charge is -2.36. The SMILES string of the molecule is CCC1=NOC(NC(=O)N2CCN(c3ccnc(-c4cccc(F)c4F)n3)CC2)C1C. The molecule has 0 spiro atoms. The van der Waals surface area contributed by atoms with Crippen molar-refractivity contribution in [1.82, 2.24) is 20.2 Å². The Kier molecular flexibility index (Phi) is 5.97. The Morgan fingerprint density at radius 2 is 2.00 bits per heavy atom. The summed E-state index contributed by atoms with van der Waals surface area (Å²) >= 11 is 0. The van der Waals surface area contributed by atoms with Gasteiger partial charge in [-0.2, -0.15) is 0 Å². The van der Waals surface area contributed by atoms with Gasteiger partial charge in [-0.05, 0) is 24.6 Å². The van der Waals surface area contributed by atoms with E-state index in [9.17, 15) is 13.6 Å². The number of nitrogens with one attached hydrogen (secondary N) is 1. The highest BCUT2D eigenvalue weighted by Gasteiger charge is 2.32. The maximum Gasteiger partial charge on any atom is 0.320 e. The predicted molar refractivity (Wildman–Crippen MR) is 111 cm³/mol. The third-order valence-electron chi connectivity index (χ3n) is 5.62. The molecular formula is C21H24F2N6O2. The first-order valence-electron chi connectivity index (χ1n) is 10.3. The summed E-state index contributed by atoms with van der Waals surface area (Å²) in [6.07, 6.45) is 1.85. The zero-order valence-electron chi connectivity index (χ0n) is 17.4. The van der Waals surface area contributed by atoms with Gasteiger partial charge in [-0.1, -0.05) is 25.1 Å². The average Bonchev–Trinajstić information content (AvgIpc) is 3.15. The highest BCUT2D eigenvalue weighted by Crippen LogP contribution is 2.24. The number of anilines is 1. The topological polar surface area (TPSA) is 83.0 Å². The van der Waals surface area contributed by atoms with Crippen molar-refractivity contribution in [2.45, 2.75) is 26.5 Å². The van der Waals surface area contributed by atoms with Gasteiger partial charge in [0.1, 0.15) is 5.82 Å². The lowest BCUT2D eigenvalue weighted by atomic mass is 10.0. The van der Waals surface area contributed by atoms with E-state index >= 15 is 0 Å². The average molecular weight is 430 g/mol. The Labute approximate surface area is 178 Å². The minimum absolute atomic E-state index is 0.0132. The molecule has 8 nitrogen and oxygen atoms in total. The summed E-state index contributed by atoms with van der Waals surface area (Å²) in [6, 6.07) is 5.44. The Morgan fingerprint density at radius 3 is 2.71 bits per heavy atom. The van der Waals surface area contributed by atoms with Gasteiger partial charge < -0.3 is 14.6 Å². The summed E-state index contributed by atoms with van der Waals surface area (Å²) in [5.41, 5.74) is 0.948. The number of rotatable bonds is 4. The number of halogens is 2. The molecule has 2 amide bonds. The number of oxime groups is 1. The minimum atomic E-state index is -0.972. The summed E-state index contributed by atoms with van der Waals surface area (Å²) in [4.78, 5) is 30.1. The van der Waals surface area contributed by atoms with Gasteiger partial charge in [0.15, 0.2) is 17.5 Å². The maximum absolute atomic E-state index is 14.1. The molecule has 1 fully saturated rings. The van der Waals surface area contributed by atoms with E-state index in [2.05, 4.69) is 20.4 Å². The van der Waals surface area contributed by atoms with Crippen molar-refractivity contribution >= 4 is 17.6 Å². The molecule has 2 aliphatic heterocycles. The molecule has 2 aromatic rings. The van der Waals surface area contributed by atoms with Gasteiger partial charge in [-0.25, -0.2) is 23.5 Å². The molecule has 1 N–H and O–H groups in total. The number of piperazine rings is 1. The van der Waals surface area contributed by atoms with Crippen LogP contribution in [-0.4, -0.2) is 59.0 Å². The van der Waals surface area contributed by atoms with Crippen molar-refractivity contribution in [3.05, 3.63) is 42.1 Å². The predicted octanol–water partition coefficient (Wildman–Crippen LogP) is 3.01. The normalized spacial score (nSPS) is 21.0. The smallest absolute Gasteiger partial charge is 0.320 e. The van der Waals surface area contributed by atoms with Crippen LogP contribution in [0.2, 0.25) is 0 Å². The highest BCUT2D eigenvalue weighted by molar-refractivity contribution is 5.88. The van der Waals surface area contributed by atoms with Crippen molar-refractivity contribution in [2.75, 3.05) is 31.1 Å². The number of nitrogens with zero attached hydrogens (tertiary/aromatic N) is 5. The van der Waals surface area contributed by atoms with E-state index in [1.165, 1.54) is 18.3 Å². The monoisotopic (exact) mass is 430 g/mol. The largest absolute Gasteiger partial charge is 0.370 e. The Hall–Kier alpha value is -3.30. The van der Waals surface area contributed by atoms with Gasteiger partial charge in [-0.3, -0.25) is 5.32 Å². The number of carbonyl (C=O) groups excluding carboxylic acids is 1. The van der Waals surface area contributed by atoms with Gasteiger partial charge >= 0.3 is 6.03 Å². The van der Waals surface area contributed by atoms with Gasteiger partial charge in [-0.15, -0.1) is 0 Å². The number of aromatic nitrogens is 2. The van der Waals surface area contributed by atoms with E-state index in [0.717, 1.165) is 18.2 Å². The van der Waals surface area contributed by atoms with Crippen LogP contribution in [0.15, 0.2) is 35.6 Å². The second kappa shape index (κ2) is 8.83. The van der Waals surface area contributed by atoms with Crippen molar-refractivity contribution in [3.8, 4) is 11.4 Å². The number of urea groups is 1. The molecule has 1 saturated heterocycles. The molecule has 164 valence electrons. The van der Waals surface area contributed by atoms with Gasteiger partial charge in [0.05, 0.1) is 17.2 Å². The molecule has 2 aliphatic rings. The van der Waals surface area contributed by atoms with Crippen molar-refractivity contribution < 1.29 is 18.4 Å². The third-order valence-corrected chi connectivity index (χ3v) is 5.62. The van der Waals surface area contributed by atoms with Crippen LogP contribution in [0.4, 0.5) is 19.4 Å². The van der Waals surface area contributed by atoms with Crippen LogP contribution in [0, 0.1) is 17.6 Å². The zero-order valence-corrected chi connectivity index (χ0v) is 17.4. The first-order valence-corrected chi connectivity index (χ1v) is 10.3. The molecule has 0 aliphatic carbocycles. The molecule has 3 heterocycles. The molecule has 4 rings (SSSR count). The van der Waals surface area contributed by atoms with Gasteiger partial charge in [0, 0.05) is 32.4 Å². The van der Waals surface area contributed by atoms with Crippen molar-refractivity contribution in [3.63, 3.8) is 0 Å². The van der Waals surface area contributed by atoms with Crippen LogP contribution in [0.5, 0.6) is 0 Å². The standard InChI is InChI=1S/C21H24F2N6O2/c1-3-16-13(2)20(31-27-16)26-21(30)29-11-9-28(10-12-29)17-7-8-24-19(25-17)14-5-4-6-15(22)18(14)23/h4-8,13,20H,3,9-12H2,1-2H3,(H,26,30). The summed E-state index contributed by atoms with van der Waals surface area (Å²) < 4.78 is 27.7. The lowest BCUT2D eigenvalue weighted by molar-refractivity contribution is 0.0426. The molecule has 1 aromatic carbocycles. The summed E-state index contributed by atoms with van der Waals surface area (Å²) in [5.74, 6) is -1.16. The molecule has 0 radical (unpaired) electrons.